The standard InChI is InChI=1S/C17H14ClN3/c18-14-7-5-12(6-8-14)17(21-19)11-13-9-10-20-16-4-2-1-3-15(13)16/h1-10H,11,19H2. The normalized spacial score (nSPS) is 11.8. The van der Waals surface area contributed by atoms with E-state index < -0.39 is 0 Å². The van der Waals surface area contributed by atoms with Gasteiger partial charge in [-0.15, -0.1) is 0 Å². The highest BCUT2D eigenvalue weighted by molar-refractivity contribution is 6.30. The zero-order chi connectivity index (χ0) is 14.7. The lowest BCUT2D eigenvalue weighted by atomic mass is 9.99. The molecule has 2 N–H and O–H groups in total. The molecule has 0 saturated heterocycles. The van der Waals surface area contributed by atoms with Crippen molar-refractivity contribution in [1.29, 1.82) is 0 Å². The number of fused-ring (bicyclic) bond motifs is 1. The number of pyridine rings is 1. The molecule has 3 rings (SSSR count). The van der Waals surface area contributed by atoms with E-state index in [1.54, 1.807) is 0 Å². The summed E-state index contributed by atoms with van der Waals surface area (Å²) in [6, 6.07) is 17.6. The summed E-state index contributed by atoms with van der Waals surface area (Å²) in [5, 5.41) is 5.76. The fourth-order valence-corrected chi connectivity index (χ4v) is 2.48. The number of para-hydroxylation sites is 1. The van der Waals surface area contributed by atoms with Gasteiger partial charge in [0.1, 0.15) is 0 Å². The second-order valence-electron chi connectivity index (χ2n) is 4.75. The van der Waals surface area contributed by atoms with Crippen LogP contribution in [0.1, 0.15) is 11.1 Å². The molecule has 0 aliphatic carbocycles. The van der Waals surface area contributed by atoms with Gasteiger partial charge >= 0.3 is 0 Å². The molecule has 0 spiro atoms. The molecule has 104 valence electrons. The van der Waals surface area contributed by atoms with Crippen molar-refractivity contribution in [3.63, 3.8) is 0 Å². The zero-order valence-corrected chi connectivity index (χ0v) is 12.1. The Kier molecular flexibility index (Phi) is 3.84. The van der Waals surface area contributed by atoms with Gasteiger partial charge in [-0.05, 0) is 35.4 Å². The molecule has 1 heterocycles. The van der Waals surface area contributed by atoms with E-state index in [-0.39, 0.29) is 0 Å². The van der Waals surface area contributed by atoms with Crippen LogP contribution in [0.2, 0.25) is 5.02 Å². The van der Waals surface area contributed by atoms with E-state index in [1.165, 1.54) is 0 Å². The lowest BCUT2D eigenvalue weighted by molar-refractivity contribution is 1.19. The van der Waals surface area contributed by atoms with Crippen molar-refractivity contribution in [3.8, 4) is 0 Å². The molecule has 0 aliphatic heterocycles. The predicted molar refractivity (Wildman–Crippen MR) is 87.6 cm³/mol. The number of hydrogen-bond donors (Lipinski definition) is 1. The van der Waals surface area contributed by atoms with Crippen molar-refractivity contribution in [3.05, 3.63) is 76.9 Å². The fraction of sp³-hybridized carbons (Fsp3) is 0.0588. The molecule has 2 aromatic carbocycles. The Hall–Kier alpha value is -2.39. The van der Waals surface area contributed by atoms with Crippen LogP contribution in [-0.2, 0) is 6.42 Å². The van der Waals surface area contributed by atoms with Gasteiger partial charge in [0.05, 0.1) is 11.2 Å². The van der Waals surface area contributed by atoms with Crippen LogP contribution in [0.4, 0.5) is 0 Å². The molecular weight excluding hydrogens is 282 g/mol. The Balaban J connectivity index is 1.98. The number of halogens is 1. The summed E-state index contributed by atoms with van der Waals surface area (Å²) in [6.45, 7) is 0. The average Bonchev–Trinajstić information content (AvgIpc) is 2.54. The first-order valence-corrected chi connectivity index (χ1v) is 7.01. The number of benzene rings is 2. The van der Waals surface area contributed by atoms with Gasteiger partial charge in [-0.25, -0.2) is 0 Å². The maximum Gasteiger partial charge on any atom is 0.0716 e. The van der Waals surface area contributed by atoms with Crippen LogP contribution in [0.3, 0.4) is 0 Å². The fourth-order valence-electron chi connectivity index (χ4n) is 2.35. The van der Waals surface area contributed by atoms with Crippen molar-refractivity contribution in [2.45, 2.75) is 6.42 Å². The number of nitrogens with two attached hydrogens (primary N) is 1. The average molecular weight is 296 g/mol. The molecule has 0 aliphatic rings. The molecule has 0 fully saturated rings. The third kappa shape index (κ3) is 2.88. The number of hydrazone groups is 1. The molecule has 0 amide bonds. The molecular formula is C17H14ClN3. The maximum absolute atomic E-state index is 5.92. The molecule has 0 unspecified atom stereocenters. The van der Waals surface area contributed by atoms with Crippen molar-refractivity contribution in [1.82, 2.24) is 4.98 Å². The zero-order valence-electron chi connectivity index (χ0n) is 11.3. The summed E-state index contributed by atoms with van der Waals surface area (Å²) in [5.74, 6) is 5.57. The summed E-state index contributed by atoms with van der Waals surface area (Å²) < 4.78 is 0. The van der Waals surface area contributed by atoms with Crippen molar-refractivity contribution in [2.75, 3.05) is 0 Å². The molecule has 21 heavy (non-hydrogen) atoms. The van der Waals surface area contributed by atoms with E-state index >= 15 is 0 Å². The van der Waals surface area contributed by atoms with Gasteiger partial charge in [-0.3, -0.25) is 4.98 Å². The van der Waals surface area contributed by atoms with Gasteiger partial charge in [0.25, 0.3) is 0 Å². The van der Waals surface area contributed by atoms with Gasteiger partial charge in [-0.2, -0.15) is 5.10 Å². The van der Waals surface area contributed by atoms with E-state index in [0.717, 1.165) is 27.7 Å². The highest BCUT2D eigenvalue weighted by atomic mass is 35.5. The van der Waals surface area contributed by atoms with Crippen LogP contribution in [0.15, 0.2) is 65.9 Å². The van der Waals surface area contributed by atoms with Gasteiger partial charge in [0.15, 0.2) is 0 Å². The van der Waals surface area contributed by atoms with Crippen LogP contribution < -0.4 is 5.84 Å². The molecule has 4 heteroatoms. The molecule has 0 bridgehead atoms. The second-order valence-corrected chi connectivity index (χ2v) is 5.18. The van der Waals surface area contributed by atoms with Crippen LogP contribution >= 0.6 is 11.6 Å². The van der Waals surface area contributed by atoms with Crippen LogP contribution in [-0.4, -0.2) is 10.7 Å². The quantitative estimate of drug-likeness (QED) is 0.454. The lowest BCUT2D eigenvalue weighted by Gasteiger charge is -2.08. The van der Waals surface area contributed by atoms with E-state index in [1.807, 2.05) is 54.7 Å². The Morgan fingerprint density at radius 2 is 1.81 bits per heavy atom. The van der Waals surface area contributed by atoms with Crippen LogP contribution in [0, 0.1) is 0 Å². The maximum atomic E-state index is 5.92. The highest BCUT2D eigenvalue weighted by Crippen LogP contribution is 2.19. The molecule has 1 aromatic heterocycles. The third-order valence-corrected chi connectivity index (χ3v) is 3.68. The topological polar surface area (TPSA) is 51.3 Å². The summed E-state index contributed by atoms with van der Waals surface area (Å²) in [5.41, 5.74) is 3.92. The number of aromatic nitrogens is 1. The van der Waals surface area contributed by atoms with Crippen LogP contribution in [0.25, 0.3) is 10.9 Å². The second kappa shape index (κ2) is 5.94. The van der Waals surface area contributed by atoms with E-state index in [9.17, 15) is 0 Å². The minimum Gasteiger partial charge on any atom is -0.323 e. The molecule has 0 radical (unpaired) electrons. The monoisotopic (exact) mass is 295 g/mol. The van der Waals surface area contributed by atoms with Crippen molar-refractivity contribution in [2.24, 2.45) is 10.9 Å². The molecule has 3 nitrogen and oxygen atoms in total. The van der Waals surface area contributed by atoms with Crippen LogP contribution in [0.5, 0.6) is 0 Å². The largest absolute Gasteiger partial charge is 0.323 e. The Morgan fingerprint density at radius 3 is 2.57 bits per heavy atom. The molecule has 3 aromatic rings. The summed E-state index contributed by atoms with van der Waals surface area (Å²) in [4.78, 5) is 4.37. The summed E-state index contributed by atoms with van der Waals surface area (Å²) >= 11 is 5.92. The van der Waals surface area contributed by atoms with Gasteiger partial charge in [0, 0.05) is 23.0 Å². The minimum atomic E-state index is 0.654. The first-order chi connectivity index (χ1) is 10.3. The Labute approximate surface area is 128 Å². The molecule has 0 saturated carbocycles. The smallest absolute Gasteiger partial charge is 0.0716 e. The number of hydrogen-bond acceptors (Lipinski definition) is 3. The predicted octanol–water partition coefficient (Wildman–Crippen LogP) is 3.79. The van der Waals surface area contributed by atoms with Gasteiger partial charge in [0.2, 0.25) is 0 Å². The molecule has 0 atom stereocenters. The Morgan fingerprint density at radius 1 is 1.05 bits per heavy atom. The third-order valence-electron chi connectivity index (χ3n) is 3.43. The number of rotatable bonds is 3. The van der Waals surface area contributed by atoms with Gasteiger partial charge in [-0.1, -0.05) is 41.9 Å². The first kappa shape index (κ1) is 13.6. The van der Waals surface area contributed by atoms with Crippen molar-refractivity contribution < 1.29 is 0 Å². The van der Waals surface area contributed by atoms with Gasteiger partial charge < -0.3 is 5.84 Å². The van der Waals surface area contributed by atoms with E-state index in [4.69, 9.17) is 17.4 Å². The lowest BCUT2D eigenvalue weighted by Crippen LogP contribution is -2.08. The Bertz CT molecular complexity index is 789. The minimum absolute atomic E-state index is 0.654. The van der Waals surface area contributed by atoms with Crippen molar-refractivity contribution >= 4 is 28.2 Å². The highest BCUT2D eigenvalue weighted by Gasteiger charge is 2.08. The van der Waals surface area contributed by atoms with E-state index in [2.05, 4.69) is 16.2 Å². The first-order valence-electron chi connectivity index (χ1n) is 6.63. The van der Waals surface area contributed by atoms with E-state index in [0.29, 0.717) is 11.4 Å². The summed E-state index contributed by atoms with van der Waals surface area (Å²) in [7, 11) is 0. The number of nitrogens with zero attached hydrogens (tertiary/aromatic N) is 2. The summed E-state index contributed by atoms with van der Waals surface area (Å²) in [6.07, 6.45) is 2.47. The SMILES string of the molecule is NN=C(Cc1ccnc2ccccc12)c1ccc(Cl)cc1.